The lowest BCUT2D eigenvalue weighted by Crippen LogP contribution is -2.56. The molecule has 4 rings (SSSR count). The van der Waals surface area contributed by atoms with Crippen LogP contribution >= 0.6 is 11.6 Å². The minimum absolute atomic E-state index is 0.0213. The maximum absolute atomic E-state index is 13.0. The monoisotopic (exact) mass is 434 g/mol. The Morgan fingerprint density at radius 3 is 2.70 bits per heavy atom. The van der Waals surface area contributed by atoms with Crippen molar-refractivity contribution in [2.45, 2.75) is 59.5 Å². The van der Waals surface area contributed by atoms with E-state index < -0.39 is 12.1 Å². The molecule has 1 N–H and O–H groups in total. The van der Waals surface area contributed by atoms with E-state index in [1.165, 1.54) is 6.92 Å². The zero-order valence-corrected chi connectivity index (χ0v) is 18.9. The molecular formula is C24H31ClO5. The Labute approximate surface area is 182 Å². The van der Waals surface area contributed by atoms with Crippen LogP contribution in [-0.4, -0.2) is 35.4 Å². The smallest absolute Gasteiger partial charge is 0.303 e. The van der Waals surface area contributed by atoms with Gasteiger partial charge in [-0.1, -0.05) is 38.4 Å². The number of hydrogen-bond acceptors (Lipinski definition) is 5. The summed E-state index contributed by atoms with van der Waals surface area (Å²) < 4.78 is 5.01. The zero-order valence-electron chi connectivity index (χ0n) is 18.1. The van der Waals surface area contributed by atoms with Crippen molar-refractivity contribution in [2.75, 3.05) is 6.61 Å². The number of esters is 1. The van der Waals surface area contributed by atoms with Crippen molar-refractivity contribution in [3.8, 4) is 0 Å². The van der Waals surface area contributed by atoms with Gasteiger partial charge < -0.3 is 9.84 Å². The normalized spacial score (nSPS) is 44.9. The summed E-state index contributed by atoms with van der Waals surface area (Å²) in [6, 6.07) is 0. The first-order valence-corrected chi connectivity index (χ1v) is 11.3. The third kappa shape index (κ3) is 3.12. The van der Waals surface area contributed by atoms with Gasteiger partial charge in [0, 0.05) is 35.6 Å². The fourth-order valence-corrected chi connectivity index (χ4v) is 7.94. The number of rotatable bonds is 3. The molecule has 164 valence electrons. The Morgan fingerprint density at radius 1 is 1.33 bits per heavy atom. The van der Waals surface area contributed by atoms with Gasteiger partial charge in [-0.15, -0.1) is 0 Å². The first-order valence-electron chi connectivity index (χ1n) is 11.0. The summed E-state index contributed by atoms with van der Waals surface area (Å²) in [7, 11) is 0. The molecule has 0 aromatic carbocycles. The number of ketones is 2. The topological polar surface area (TPSA) is 80.7 Å². The molecule has 30 heavy (non-hydrogen) atoms. The first-order chi connectivity index (χ1) is 14.0. The minimum atomic E-state index is -0.590. The fraction of sp³-hybridized carbons (Fsp3) is 0.708. The molecule has 2 unspecified atom stereocenters. The van der Waals surface area contributed by atoms with Crippen molar-refractivity contribution < 1.29 is 24.2 Å². The molecule has 5 nitrogen and oxygen atoms in total. The van der Waals surface area contributed by atoms with Crippen LogP contribution in [0.5, 0.6) is 0 Å². The molecule has 0 spiro atoms. The van der Waals surface area contributed by atoms with Crippen LogP contribution in [0.1, 0.15) is 53.4 Å². The number of carbonyl (C=O) groups is 3. The molecule has 8 atom stereocenters. The average molecular weight is 435 g/mol. The molecule has 4 aliphatic rings. The van der Waals surface area contributed by atoms with Gasteiger partial charge in [-0.3, -0.25) is 14.4 Å². The van der Waals surface area contributed by atoms with Crippen molar-refractivity contribution in [2.24, 2.45) is 40.4 Å². The number of carbonyl (C=O) groups excluding carboxylic acids is 3. The number of aliphatic hydroxyl groups excluding tert-OH is 1. The van der Waals surface area contributed by atoms with Crippen LogP contribution in [0.4, 0.5) is 0 Å². The Hall–Kier alpha value is -1.46. The number of aliphatic hydroxyl groups is 1. The lowest BCUT2D eigenvalue weighted by molar-refractivity contribution is -0.151. The molecule has 0 aliphatic heterocycles. The highest BCUT2D eigenvalue weighted by molar-refractivity contribution is 6.32. The second kappa shape index (κ2) is 7.30. The van der Waals surface area contributed by atoms with Crippen LogP contribution < -0.4 is 0 Å². The van der Waals surface area contributed by atoms with E-state index in [4.69, 9.17) is 16.3 Å². The molecule has 2 saturated carbocycles. The minimum Gasteiger partial charge on any atom is -0.458 e. The van der Waals surface area contributed by atoms with Crippen molar-refractivity contribution >= 4 is 29.1 Å². The maximum Gasteiger partial charge on any atom is 0.303 e. The molecule has 0 aromatic rings. The number of allylic oxidation sites excluding steroid dienone is 4. The van der Waals surface area contributed by atoms with Gasteiger partial charge in [0.2, 0.25) is 0 Å². The summed E-state index contributed by atoms with van der Waals surface area (Å²) in [5.41, 5.74) is 0.138. The largest absolute Gasteiger partial charge is 0.458 e. The SMILES string of the molecule is CC(=O)OCC(=O)[C@H]1C(C)C[C@H]2[C@@H]3C=C(Cl)C4=CC(=O)CC[C@]4(C)[C@H]3C(O)C[C@]12C. The average Bonchev–Trinajstić information content (AvgIpc) is 2.91. The van der Waals surface area contributed by atoms with Crippen molar-refractivity contribution in [1.82, 2.24) is 0 Å². The highest BCUT2D eigenvalue weighted by Crippen LogP contribution is 2.67. The van der Waals surface area contributed by atoms with E-state index in [1.807, 2.05) is 6.08 Å². The number of halogens is 1. The van der Waals surface area contributed by atoms with Gasteiger partial charge in [-0.05, 0) is 54.1 Å². The van der Waals surface area contributed by atoms with Gasteiger partial charge in [0.15, 0.2) is 11.6 Å². The quantitative estimate of drug-likeness (QED) is 0.683. The van der Waals surface area contributed by atoms with Crippen LogP contribution in [0, 0.1) is 40.4 Å². The maximum atomic E-state index is 13.0. The molecule has 0 saturated heterocycles. The molecule has 0 heterocycles. The van der Waals surface area contributed by atoms with Gasteiger partial charge in [-0.25, -0.2) is 0 Å². The zero-order chi connectivity index (χ0) is 22.0. The Morgan fingerprint density at radius 2 is 2.03 bits per heavy atom. The predicted molar refractivity (Wildman–Crippen MR) is 112 cm³/mol. The highest BCUT2D eigenvalue weighted by Gasteiger charge is 2.64. The number of fused-ring (bicyclic) bond motifs is 5. The lowest BCUT2D eigenvalue weighted by atomic mass is 9.47. The molecule has 6 heteroatoms. The molecular weight excluding hydrogens is 404 g/mol. The van der Waals surface area contributed by atoms with Crippen molar-refractivity contribution in [3.05, 3.63) is 22.8 Å². The second-order valence-corrected chi connectivity index (χ2v) is 10.8. The van der Waals surface area contributed by atoms with Gasteiger partial charge in [0.25, 0.3) is 0 Å². The van der Waals surface area contributed by atoms with E-state index in [0.29, 0.717) is 24.3 Å². The Kier molecular flexibility index (Phi) is 5.30. The second-order valence-electron chi connectivity index (χ2n) is 10.4. The highest BCUT2D eigenvalue weighted by atomic mass is 35.5. The summed E-state index contributed by atoms with van der Waals surface area (Å²) in [5, 5.41) is 12.0. The third-order valence-electron chi connectivity index (χ3n) is 8.60. The Bertz CT molecular complexity index is 860. The van der Waals surface area contributed by atoms with Gasteiger partial charge in [0.1, 0.15) is 6.61 Å². The summed E-state index contributed by atoms with van der Waals surface area (Å²) in [6.45, 7) is 7.42. The number of ether oxygens (including phenoxy) is 1. The van der Waals surface area contributed by atoms with Gasteiger partial charge in [0.05, 0.1) is 6.10 Å². The molecule has 0 aromatic heterocycles. The fourth-order valence-electron chi connectivity index (χ4n) is 7.53. The van der Waals surface area contributed by atoms with E-state index in [9.17, 15) is 19.5 Å². The lowest BCUT2D eigenvalue weighted by Gasteiger charge is -2.58. The molecule has 0 amide bonds. The number of hydrogen-bond donors (Lipinski definition) is 1. The first kappa shape index (κ1) is 21.8. The summed E-state index contributed by atoms with van der Waals surface area (Å²) in [5.74, 6) is -0.316. The third-order valence-corrected chi connectivity index (χ3v) is 8.93. The summed E-state index contributed by atoms with van der Waals surface area (Å²) in [4.78, 5) is 36.3. The van der Waals surface area contributed by atoms with E-state index in [0.717, 1.165) is 12.0 Å². The van der Waals surface area contributed by atoms with Crippen molar-refractivity contribution in [1.29, 1.82) is 0 Å². The van der Waals surface area contributed by atoms with Crippen LogP contribution in [-0.2, 0) is 19.1 Å². The van der Waals surface area contributed by atoms with E-state index >= 15 is 0 Å². The van der Waals surface area contributed by atoms with E-state index in [-0.39, 0.29) is 58.6 Å². The van der Waals surface area contributed by atoms with Crippen LogP contribution in [0.15, 0.2) is 22.8 Å². The molecule has 0 bridgehead atoms. The van der Waals surface area contributed by atoms with Crippen LogP contribution in [0.3, 0.4) is 0 Å². The summed E-state index contributed by atoms with van der Waals surface area (Å²) >= 11 is 6.70. The van der Waals surface area contributed by atoms with E-state index in [1.54, 1.807) is 6.08 Å². The standard InChI is InChI=1S/C24H31ClO5/c1-12-7-16-15-9-18(25)17-8-14(27)5-6-23(17,3)22(15)19(28)10-24(16,4)21(12)20(29)11-30-13(2)26/h8-9,12,15-16,19,21-22,28H,5-7,10-11H2,1-4H3/t12?,15-,16-,19?,21+,22+,23-,24-/m0/s1. The van der Waals surface area contributed by atoms with Crippen molar-refractivity contribution in [3.63, 3.8) is 0 Å². The molecule has 4 aliphatic carbocycles. The molecule has 0 radical (unpaired) electrons. The number of Topliss-reactive ketones (excluding diaryl/α,β-unsaturated/α-hetero) is 1. The van der Waals surface area contributed by atoms with Gasteiger partial charge in [-0.2, -0.15) is 0 Å². The molecule has 2 fully saturated rings. The summed E-state index contributed by atoms with van der Waals surface area (Å²) in [6.07, 6.45) is 5.68. The predicted octanol–water partition coefficient (Wildman–Crippen LogP) is 3.83. The Balaban J connectivity index is 1.73. The van der Waals surface area contributed by atoms with Crippen LogP contribution in [0.25, 0.3) is 0 Å². The van der Waals surface area contributed by atoms with Gasteiger partial charge >= 0.3 is 5.97 Å². The van der Waals surface area contributed by atoms with E-state index in [2.05, 4.69) is 20.8 Å². The van der Waals surface area contributed by atoms with Crippen LogP contribution in [0.2, 0.25) is 0 Å².